The largest absolute Gasteiger partial charge is 0.356 e. The molecule has 0 bridgehead atoms. The van der Waals surface area contributed by atoms with Crippen LogP contribution in [-0.4, -0.2) is 5.16 Å². The third-order valence-electron chi connectivity index (χ3n) is 3.36. The third-order valence-corrected chi connectivity index (χ3v) is 3.36. The van der Waals surface area contributed by atoms with E-state index in [2.05, 4.69) is 29.4 Å². The average Bonchev–Trinajstić information content (AvgIpc) is 2.98. The summed E-state index contributed by atoms with van der Waals surface area (Å²) in [5.41, 5.74) is 3.48. The van der Waals surface area contributed by atoms with Crippen molar-refractivity contribution in [2.24, 2.45) is 0 Å². The number of rotatable bonds is 5. The van der Waals surface area contributed by atoms with Crippen molar-refractivity contribution in [3.8, 4) is 11.3 Å². The van der Waals surface area contributed by atoms with E-state index in [1.807, 2.05) is 42.5 Å². The zero-order valence-corrected chi connectivity index (χ0v) is 11.3. The average molecular weight is 263 g/mol. The third kappa shape index (κ3) is 3.15. The summed E-state index contributed by atoms with van der Waals surface area (Å²) < 4.78 is 5.40. The van der Waals surface area contributed by atoms with Crippen molar-refractivity contribution in [1.29, 1.82) is 0 Å². The van der Waals surface area contributed by atoms with E-state index in [1.54, 1.807) is 0 Å². The van der Waals surface area contributed by atoms with E-state index in [0.29, 0.717) is 0 Å². The molecule has 2 heteroatoms. The molecule has 3 rings (SSSR count). The Balaban J connectivity index is 1.58. The predicted octanol–water partition coefficient (Wildman–Crippen LogP) is 4.52. The molecular formula is C18H17NO. The van der Waals surface area contributed by atoms with Gasteiger partial charge in [0.05, 0.1) is 5.69 Å². The van der Waals surface area contributed by atoms with E-state index >= 15 is 0 Å². The SMILES string of the molecule is c1ccc(CCCc2cc(-c3ccccc3)on2)cc1. The summed E-state index contributed by atoms with van der Waals surface area (Å²) >= 11 is 0. The van der Waals surface area contributed by atoms with Gasteiger partial charge in [0.1, 0.15) is 0 Å². The summed E-state index contributed by atoms with van der Waals surface area (Å²) in [5.74, 6) is 0.848. The zero-order valence-electron chi connectivity index (χ0n) is 11.3. The number of hydrogen-bond acceptors (Lipinski definition) is 2. The molecule has 100 valence electrons. The molecule has 3 aromatic rings. The van der Waals surface area contributed by atoms with Gasteiger partial charge in [0, 0.05) is 11.6 Å². The van der Waals surface area contributed by atoms with Gasteiger partial charge in [-0.3, -0.25) is 0 Å². The van der Waals surface area contributed by atoms with E-state index in [9.17, 15) is 0 Å². The number of benzene rings is 2. The summed E-state index contributed by atoms with van der Waals surface area (Å²) in [6.45, 7) is 0. The number of hydrogen-bond donors (Lipinski definition) is 0. The number of aryl methyl sites for hydroxylation is 2. The van der Waals surface area contributed by atoms with Crippen LogP contribution in [0.25, 0.3) is 11.3 Å². The summed E-state index contributed by atoms with van der Waals surface area (Å²) in [5, 5.41) is 4.15. The van der Waals surface area contributed by atoms with Crippen molar-refractivity contribution < 1.29 is 4.52 Å². The first kappa shape index (κ1) is 12.7. The Kier molecular flexibility index (Phi) is 3.93. The number of nitrogens with zero attached hydrogens (tertiary/aromatic N) is 1. The second kappa shape index (κ2) is 6.20. The van der Waals surface area contributed by atoms with Gasteiger partial charge in [-0.05, 0) is 24.8 Å². The van der Waals surface area contributed by atoms with Gasteiger partial charge in [-0.2, -0.15) is 0 Å². The van der Waals surface area contributed by atoms with Gasteiger partial charge < -0.3 is 4.52 Å². The Morgan fingerprint density at radius 3 is 2.25 bits per heavy atom. The van der Waals surface area contributed by atoms with Crippen molar-refractivity contribution in [2.45, 2.75) is 19.3 Å². The molecule has 0 fully saturated rings. The lowest BCUT2D eigenvalue weighted by Gasteiger charge is -1.98. The molecule has 0 aliphatic heterocycles. The molecule has 0 N–H and O–H groups in total. The fraction of sp³-hybridized carbons (Fsp3) is 0.167. The summed E-state index contributed by atoms with van der Waals surface area (Å²) in [6.07, 6.45) is 3.12. The van der Waals surface area contributed by atoms with Crippen LogP contribution in [0.1, 0.15) is 17.7 Å². The molecule has 20 heavy (non-hydrogen) atoms. The van der Waals surface area contributed by atoms with E-state index in [1.165, 1.54) is 5.56 Å². The van der Waals surface area contributed by atoms with Crippen LogP contribution in [0.15, 0.2) is 71.3 Å². The topological polar surface area (TPSA) is 26.0 Å². The van der Waals surface area contributed by atoms with Crippen LogP contribution in [0.3, 0.4) is 0 Å². The van der Waals surface area contributed by atoms with Crippen molar-refractivity contribution in [3.05, 3.63) is 78.0 Å². The maximum Gasteiger partial charge on any atom is 0.167 e. The monoisotopic (exact) mass is 263 g/mol. The van der Waals surface area contributed by atoms with Crippen LogP contribution < -0.4 is 0 Å². The number of aromatic nitrogens is 1. The van der Waals surface area contributed by atoms with Crippen molar-refractivity contribution in [2.75, 3.05) is 0 Å². The van der Waals surface area contributed by atoms with Crippen LogP contribution in [-0.2, 0) is 12.8 Å². The van der Waals surface area contributed by atoms with Crippen LogP contribution in [0.5, 0.6) is 0 Å². The molecule has 0 atom stereocenters. The lowest BCUT2D eigenvalue weighted by molar-refractivity contribution is 0.422. The quantitative estimate of drug-likeness (QED) is 0.676. The lowest BCUT2D eigenvalue weighted by Crippen LogP contribution is -1.89. The van der Waals surface area contributed by atoms with Crippen molar-refractivity contribution in [1.82, 2.24) is 5.16 Å². The highest BCUT2D eigenvalue weighted by molar-refractivity contribution is 5.56. The highest BCUT2D eigenvalue weighted by Crippen LogP contribution is 2.20. The minimum atomic E-state index is 0.848. The van der Waals surface area contributed by atoms with Gasteiger partial charge in [-0.15, -0.1) is 0 Å². The highest BCUT2D eigenvalue weighted by Gasteiger charge is 2.06. The zero-order chi connectivity index (χ0) is 13.6. The highest BCUT2D eigenvalue weighted by atomic mass is 16.5. The first-order valence-electron chi connectivity index (χ1n) is 6.97. The molecule has 0 saturated carbocycles. The van der Waals surface area contributed by atoms with Gasteiger partial charge >= 0.3 is 0 Å². The Morgan fingerprint density at radius 2 is 1.50 bits per heavy atom. The maximum absolute atomic E-state index is 5.40. The molecule has 0 aliphatic carbocycles. The molecule has 0 radical (unpaired) electrons. The summed E-state index contributed by atoms with van der Waals surface area (Å²) in [4.78, 5) is 0. The second-order valence-corrected chi connectivity index (χ2v) is 4.89. The Bertz CT molecular complexity index is 643. The molecule has 1 heterocycles. The minimum Gasteiger partial charge on any atom is -0.356 e. The van der Waals surface area contributed by atoms with E-state index in [4.69, 9.17) is 4.52 Å². The lowest BCUT2D eigenvalue weighted by atomic mass is 10.1. The molecule has 0 unspecified atom stereocenters. The smallest absolute Gasteiger partial charge is 0.167 e. The normalized spacial score (nSPS) is 10.6. The van der Waals surface area contributed by atoms with E-state index < -0.39 is 0 Å². The maximum atomic E-state index is 5.40. The molecule has 0 spiro atoms. The van der Waals surface area contributed by atoms with Crippen molar-refractivity contribution >= 4 is 0 Å². The molecule has 1 aromatic heterocycles. The molecular weight excluding hydrogens is 246 g/mol. The minimum absolute atomic E-state index is 0.848. The predicted molar refractivity (Wildman–Crippen MR) is 80.4 cm³/mol. The van der Waals surface area contributed by atoms with Crippen LogP contribution in [0, 0.1) is 0 Å². The standard InChI is InChI=1S/C18H17NO/c1-3-8-15(9-4-1)10-7-13-17-14-18(20-19-17)16-11-5-2-6-12-16/h1-6,8-9,11-12,14H,7,10,13H2. The van der Waals surface area contributed by atoms with Gasteiger partial charge in [0.2, 0.25) is 0 Å². The van der Waals surface area contributed by atoms with Gasteiger partial charge in [-0.25, -0.2) is 0 Å². The van der Waals surface area contributed by atoms with Crippen molar-refractivity contribution in [3.63, 3.8) is 0 Å². The van der Waals surface area contributed by atoms with Gasteiger partial charge in [0.15, 0.2) is 5.76 Å². The van der Waals surface area contributed by atoms with Crippen LogP contribution in [0.2, 0.25) is 0 Å². The molecule has 0 aliphatic rings. The molecule has 0 saturated heterocycles. The van der Waals surface area contributed by atoms with Crippen LogP contribution >= 0.6 is 0 Å². The Hall–Kier alpha value is -2.35. The van der Waals surface area contributed by atoms with Gasteiger partial charge in [0.25, 0.3) is 0 Å². The van der Waals surface area contributed by atoms with Gasteiger partial charge in [-0.1, -0.05) is 65.8 Å². The fourth-order valence-corrected chi connectivity index (χ4v) is 2.29. The van der Waals surface area contributed by atoms with Crippen LogP contribution in [0.4, 0.5) is 0 Å². The van der Waals surface area contributed by atoms with E-state index in [0.717, 1.165) is 36.3 Å². The van der Waals surface area contributed by atoms with E-state index in [-0.39, 0.29) is 0 Å². The Labute approximate surface area is 119 Å². The first-order valence-corrected chi connectivity index (χ1v) is 6.97. The molecule has 2 aromatic carbocycles. The summed E-state index contributed by atoms with van der Waals surface area (Å²) in [6, 6.07) is 22.7. The fourth-order valence-electron chi connectivity index (χ4n) is 2.29. The molecule has 2 nitrogen and oxygen atoms in total. The first-order chi connectivity index (χ1) is 9.92. The Morgan fingerprint density at radius 1 is 0.800 bits per heavy atom. The summed E-state index contributed by atoms with van der Waals surface area (Å²) in [7, 11) is 0. The molecule has 0 amide bonds. The second-order valence-electron chi connectivity index (χ2n) is 4.89.